The summed E-state index contributed by atoms with van der Waals surface area (Å²) in [6, 6.07) is 28.2. The van der Waals surface area contributed by atoms with Gasteiger partial charge in [0.2, 0.25) is 0 Å². The minimum absolute atomic E-state index is 0. The molecule has 168 valence electrons. The number of fused-ring (bicyclic) bond motifs is 1. The Morgan fingerprint density at radius 3 is 2.09 bits per heavy atom. The van der Waals surface area contributed by atoms with Gasteiger partial charge in [0, 0.05) is 18.0 Å². The number of rotatable bonds is 5. The van der Waals surface area contributed by atoms with E-state index in [1.807, 2.05) is 84.9 Å². The number of ether oxygens (including phenoxy) is 1. The second-order valence-corrected chi connectivity index (χ2v) is 7.73. The fraction of sp³-hybridized carbons (Fsp3) is 0.148. The van der Waals surface area contributed by atoms with E-state index in [4.69, 9.17) is 9.72 Å². The summed E-state index contributed by atoms with van der Waals surface area (Å²) < 4.78 is 5.11. The molecule has 4 rings (SSSR count). The summed E-state index contributed by atoms with van der Waals surface area (Å²) in [5, 5.41) is 0.726. The summed E-state index contributed by atoms with van der Waals surface area (Å²) in [4.78, 5) is 33.0. The number of benzene rings is 3. The molecule has 1 heterocycles. The van der Waals surface area contributed by atoms with Gasteiger partial charge in [0.25, 0.3) is 5.91 Å². The maximum absolute atomic E-state index is 13.9. The van der Waals surface area contributed by atoms with Crippen molar-refractivity contribution in [3.05, 3.63) is 102 Å². The van der Waals surface area contributed by atoms with Crippen molar-refractivity contribution in [1.29, 1.82) is 0 Å². The Labute approximate surface area is 199 Å². The predicted molar refractivity (Wildman–Crippen MR) is 132 cm³/mol. The normalized spacial score (nSPS) is 12.3. The number of amides is 1. The van der Waals surface area contributed by atoms with Gasteiger partial charge in [-0.3, -0.25) is 4.79 Å². The average Bonchev–Trinajstić information content (AvgIpc) is 2.87. The molecule has 0 aliphatic heterocycles. The summed E-state index contributed by atoms with van der Waals surface area (Å²) in [5.74, 6) is -0.807. The molecule has 0 saturated carbocycles. The maximum Gasteiger partial charge on any atom is 0.336 e. The van der Waals surface area contributed by atoms with Crippen molar-refractivity contribution in [2.24, 2.45) is 0 Å². The van der Waals surface area contributed by atoms with E-state index in [0.717, 1.165) is 10.9 Å². The zero-order chi connectivity index (χ0) is 22.7. The molecule has 1 atom stereocenters. The molecular formula is C27H25ClN2O3. The molecule has 0 bridgehead atoms. The van der Waals surface area contributed by atoms with Crippen LogP contribution in [0.1, 0.15) is 22.8 Å². The number of halogens is 1. The highest BCUT2D eigenvalue weighted by atomic mass is 35.5. The standard InChI is InChI=1S/C27H24N2O3.ClH/c1-27(26(31)32-3,20-14-8-5-9-15-20)29(2)25(30)22-18-24(19-12-6-4-7-13-19)28-23-17-11-10-16-21(22)23;/h4-18H,1-3H3;1H/t27-;/m0./s1. The van der Waals surface area contributed by atoms with Crippen molar-refractivity contribution < 1.29 is 14.3 Å². The number of nitrogens with zero attached hydrogens (tertiary/aromatic N) is 2. The smallest absolute Gasteiger partial charge is 0.336 e. The quantitative estimate of drug-likeness (QED) is 0.370. The van der Waals surface area contributed by atoms with Crippen LogP contribution in [0.2, 0.25) is 0 Å². The van der Waals surface area contributed by atoms with E-state index in [9.17, 15) is 9.59 Å². The van der Waals surface area contributed by atoms with Crippen LogP contribution < -0.4 is 0 Å². The first-order valence-corrected chi connectivity index (χ1v) is 10.3. The van der Waals surface area contributed by atoms with Crippen molar-refractivity contribution in [2.45, 2.75) is 12.5 Å². The number of aromatic nitrogens is 1. The first kappa shape index (κ1) is 24.0. The summed E-state index contributed by atoms with van der Waals surface area (Å²) in [5.41, 5.74) is 2.16. The Morgan fingerprint density at radius 1 is 0.879 bits per heavy atom. The fourth-order valence-corrected chi connectivity index (χ4v) is 3.90. The van der Waals surface area contributed by atoms with Crippen LogP contribution in [0.4, 0.5) is 0 Å². The first-order valence-electron chi connectivity index (χ1n) is 10.3. The van der Waals surface area contributed by atoms with Gasteiger partial charge in [-0.15, -0.1) is 12.4 Å². The molecule has 0 aliphatic carbocycles. The van der Waals surface area contributed by atoms with E-state index in [1.165, 1.54) is 12.0 Å². The molecule has 1 aromatic heterocycles. The number of carbonyl (C=O) groups is 2. The van der Waals surface area contributed by atoms with E-state index >= 15 is 0 Å². The van der Waals surface area contributed by atoms with E-state index < -0.39 is 11.5 Å². The van der Waals surface area contributed by atoms with Crippen LogP contribution >= 0.6 is 12.4 Å². The molecule has 0 saturated heterocycles. The minimum atomic E-state index is -1.30. The fourth-order valence-electron chi connectivity index (χ4n) is 3.90. The van der Waals surface area contributed by atoms with Gasteiger partial charge < -0.3 is 9.64 Å². The highest BCUT2D eigenvalue weighted by Crippen LogP contribution is 2.32. The molecule has 0 fully saturated rings. The number of carbonyl (C=O) groups excluding carboxylic acids is 2. The molecule has 4 aromatic rings. The third-order valence-electron chi connectivity index (χ3n) is 5.91. The number of hydrogen-bond donors (Lipinski definition) is 0. The van der Waals surface area contributed by atoms with Gasteiger partial charge >= 0.3 is 5.97 Å². The van der Waals surface area contributed by atoms with Gasteiger partial charge in [-0.25, -0.2) is 9.78 Å². The average molecular weight is 461 g/mol. The number of likely N-dealkylation sites (N-methyl/N-ethyl adjacent to an activating group) is 1. The van der Waals surface area contributed by atoms with Gasteiger partial charge in [-0.1, -0.05) is 78.9 Å². The van der Waals surface area contributed by atoms with Crippen LogP contribution in [0.15, 0.2) is 91.0 Å². The SMILES string of the molecule is COC(=O)[C@](C)(c1ccccc1)N(C)C(=O)c1cc(-c2ccccc2)nc2ccccc12.Cl. The molecule has 0 N–H and O–H groups in total. The lowest BCUT2D eigenvalue weighted by Gasteiger charge is -2.37. The van der Waals surface area contributed by atoms with E-state index in [-0.39, 0.29) is 18.3 Å². The number of hydrogen-bond acceptors (Lipinski definition) is 4. The molecular weight excluding hydrogens is 436 g/mol. The highest BCUT2D eigenvalue weighted by molar-refractivity contribution is 6.08. The summed E-state index contributed by atoms with van der Waals surface area (Å²) >= 11 is 0. The minimum Gasteiger partial charge on any atom is -0.467 e. The number of para-hydroxylation sites is 1. The number of pyridine rings is 1. The van der Waals surface area contributed by atoms with Crippen LogP contribution in [-0.2, 0) is 15.1 Å². The second kappa shape index (κ2) is 9.84. The van der Waals surface area contributed by atoms with Crippen LogP contribution in [0.3, 0.4) is 0 Å². The molecule has 5 nitrogen and oxygen atoms in total. The molecule has 0 aliphatic rings. The van der Waals surface area contributed by atoms with Crippen molar-refractivity contribution in [2.75, 3.05) is 14.2 Å². The lowest BCUT2D eigenvalue weighted by molar-refractivity contribution is -0.152. The van der Waals surface area contributed by atoms with E-state index in [2.05, 4.69) is 0 Å². The maximum atomic E-state index is 13.9. The number of esters is 1. The van der Waals surface area contributed by atoms with Crippen molar-refractivity contribution >= 4 is 35.2 Å². The molecule has 0 unspecified atom stereocenters. The zero-order valence-electron chi connectivity index (χ0n) is 18.7. The molecule has 3 aromatic carbocycles. The van der Waals surface area contributed by atoms with E-state index in [0.29, 0.717) is 22.3 Å². The van der Waals surface area contributed by atoms with Gasteiger partial charge in [-0.2, -0.15) is 0 Å². The Bertz CT molecular complexity index is 1280. The van der Waals surface area contributed by atoms with Crippen LogP contribution in [0.25, 0.3) is 22.2 Å². The molecule has 33 heavy (non-hydrogen) atoms. The first-order chi connectivity index (χ1) is 15.5. The van der Waals surface area contributed by atoms with Crippen LogP contribution in [0.5, 0.6) is 0 Å². The Balaban J connectivity index is 0.00000306. The molecule has 0 spiro atoms. The third-order valence-corrected chi connectivity index (χ3v) is 5.91. The van der Waals surface area contributed by atoms with Gasteiger partial charge in [0.15, 0.2) is 5.54 Å². The lowest BCUT2D eigenvalue weighted by atomic mass is 9.89. The molecule has 1 amide bonds. The topological polar surface area (TPSA) is 59.5 Å². The van der Waals surface area contributed by atoms with Crippen molar-refractivity contribution in [1.82, 2.24) is 9.88 Å². The highest BCUT2D eigenvalue weighted by Gasteiger charge is 2.43. The monoisotopic (exact) mass is 460 g/mol. The van der Waals surface area contributed by atoms with Crippen molar-refractivity contribution in [3.8, 4) is 11.3 Å². The van der Waals surface area contributed by atoms with Gasteiger partial charge in [0.1, 0.15) is 0 Å². The van der Waals surface area contributed by atoms with Crippen LogP contribution in [-0.4, -0.2) is 35.9 Å². The summed E-state index contributed by atoms with van der Waals surface area (Å²) in [6.07, 6.45) is 0. The van der Waals surface area contributed by atoms with E-state index in [1.54, 1.807) is 20.0 Å². The van der Waals surface area contributed by atoms with Crippen molar-refractivity contribution in [3.63, 3.8) is 0 Å². The Morgan fingerprint density at radius 2 is 1.45 bits per heavy atom. The second-order valence-electron chi connectivity index (χ2n) is 7.73. The molecule has 6 heteroatoms. The largest absolute Gasteiger partial charge is 0.467 e. The number of methoxy groups -OCH3 is 1. The molecule has 0 radical (unpaired) electrons. The van der Waals surface area contributed by atoms with Gasteiger partial charge in [-0.05, 0) is 24.6 Å². The predicted octanol–water partition coefficient (Wildman–Crippen LogP) is 5.48. The van der Waals surface area contributed by atoms with Gasteiger partial charge in [0.05, 0.1) is 23.9 Å². The lowest BCUT2D eigenvalue weighted by Crippen LogP contribution is -2.51. The summed E-state index contributed by atoms with van der Waals surface area (Å²) in [7, 11) is 2.96. The third kappa shape index (κ3) is 4.32. The zero-order valence-corrected chi connectivity index (χ0v) is 19.5. The Hall–Kier alpha value is -3.70. The summed E-state index contributed by atoms with van der Waals surface area (Å²) in [6.45, 7) is 1.70. The Kier molecular flexibility index (Phi) is 7.14. The van der Waals surface area contributed by atoms with Crippen LogP contribution in [0, 0.1) is 0 Å².